The van der Waals surface area contributed by atoms with Crippen molar-refractivity contribution in [3.05, 3.63) is 28.5 Å². The van der Waals surface area contributed by atoms with Crippen molar-refractivity contribution in [1.29, 1.82) is 0 Å². The van der Waals surface area contributed by atoms with Gasteiger partial charge in [0.05, 0.1) is 5.60 Å². The summed E-state index contributed by atoms with van der Waals surface area (Å²) >= 11 is 3.56. The van der Waals surface area contributed by atoms with E-state index in [-0.39, 0.29) is 12.0 Å². The summed E-state index contributed by atoms with van der Waals surface area (Å²) in [5.74, 6) is -0.921. The predicted octanol–water partition coefficient (Wildman–Crippen LogP) is 2.69. The van der Waals surface area contributed by atoms with Crippen LogP contribution in [-0.4, -0.2) is 35.8 Å². The average molecular weight is 369 g/mol. The van der Waals surface area contributed by atoms with Gasteiger partial charge in [-0.25, -0.2) is 4.79 Å². The molecule has 3 rings (SSSR count). The summed E-state index contributed by atoms with van der Waals surface area (Å²) in [6.45, 7) is 1.81. The number of pyridine rings is 1. The van der Waals surface area contributed by atoms with E-state index in [0.29, 0.717) is 0 Å². The van der Waals surface area contributed by atoms with Gasteiger partial charge in [-0.2, -0.15) is 0 Å². The van der Waals surface area contributed by atoms with E-state index in [4.69, 9.17) is 9.84 Å². The largest absolute Gasteiger partial charge is 0.480 e. The first kappa shape index (κ1) is 15.9. The van der Waals surface area contributed by atoms with Crippen LogP contribution in [0.1, 0.15) is 37.7 Å². The quantitative estimate of drug-likeness (QED) is 0.854. The van der Waals surface area contributed by atoms with Crippen LogP contribution in [-0.2, 0) is 15.1 Å². The summed E-state index contributed by atoms with van der Waals surface area (Å²) in [5.41, 5.74) is 0.781. The van der Waals surface area contributed by atoms with Gasteiger partial charge in [0.1, 0.15) is 6.61 Å². The molecule has 0 aromatic carbocycles. The van der Waals surface area contributed by atoms with Gasteiger partial charge in [-0.15, -0.1) is 0 Å². The van der Waals surface area contributed by atoms with E-state index < -0.39 is 11.6 Å². The third-order valence-electron chi connectivity index (χ3n) is 5.12. The van der Waals surface area contributed by atoms with Crippen LogP contribution in [0.2, 0.25) is 0 Å². The number of aromatic nitrogens is 1. The third-order valence-corrected chi connectivity index (χ3v) is 5.75. The molecule has 2 N–H and O–H groups in total. The molecule has 22 heavy (non-hydrogen) atoms. The molecule has 1 aromatic heterocycles. The maximum absolute atomic E-state index is 11.0. The van der Waals surface area contributed by atoms with E-state index in [1.54, 1.807) is 12.4 Å². The van der Waals surface area contributed by atoms with E-state index in [2.05, 4.69) is 26.2 Å². The zero-order chi connectivity index (χ0) is 15.6. The van der Waals surface area contributed by atoms with Crippen LogP contribution in [0.25, 0.3) is 0 Å². The lowest BCUT2D eigenvalue weighted by Gasteiger charge is -2.37. The summed E-state index contributed by atoms with van der Waals surface area (Å²) < 4.78 is 6.86. The van der Waals surface area contributed by atoms with Gasteiger partial charge in [-0.1, -0.05) is 0 Å². The van der Waals surface area contributed by atoms with Crippen LogP contribution < -0.4 is 5.32 Å². The highest BCUT2D eigenvalue weighted by atomic mass is 79.9. The average Bonchev–Trinajstić information content (AvgIpc) is 2.86. The first-order chi connectivity index (χ1) is 10.6. The van der Waals surface area contributed by atoms with E-state index in [0.717, 1.165) is 55.2 Å². The predicted molar refractivity (Wildman–Crippen MR) is 85.6 cm³/mol. The van der Waals surface area contributed by atoms with Gasteiger partial charge < -0.3 is 15.2 Å². The van der Waals surface area contributed by atoms with Crippen molar-refractivity contribution in [1.82, 2.24) is 10.3 Å². The molecule has 1 aliphatic heterocycles. The Morgan fingerprint density at radius 3 is 2.82 bits per heavy atom. The fourth-order valence-electron chi connectivity index (χ4n) is 4.01. The lowest BCUT2D eigenvalue weighted by Crippen LogP contribution is -2.38. The van der Waals surface area contributed by atoms with Crippen molar-refractivity contribution in [2.24, 2.45) is 5.41 Å². The highest BCUT2D eigenvalue weighted by molar-refractivity contribution is 9.10. The Morgan fingerprint density at radius 1 is 1.36 bits per heavy atom. The molecule has 1 aliphatic carbocycles. The number of carboxylic acid groups (broad SMARTS) is 1. The number of ether oxygens (including phenoxy) is 1. The lowest BCUT2D eigenvalue weighted by molar-refractivity contribution is -0.151. The first-order valence-electron chi connectivity index (χ1n) is 7.72. The fourth-order valence-corrected chi connectivity index (χ4v) is 4.62. The van der Waals surface area contributed by atoms with Crippen molar-refractivity contribution in [3.63, 3.8) is 0 Å². The van der Waals surface area contributed by atoms with Gasteiger partial charge in [0.15, 0.2) is 0 Å². The molecule has 0 radical (unpaired) electrons. The number of carbonyl (C=O) groups is 1. The van der Waals surface area contributed by atoms with Gasteiger partial charge in [0.2, 0.25) is 0 Å². The molecule has 120 valence electrons. The van der Waals surface area contributed by atoms with E-state index in [1.807, 2.05) is 6.07 Å². The summed E-state index contributed by atoms with van der Waals surface area (Å²) in [6, 6.07) is 1.95. The maximum Gasteiger partial charge on any atom is 0.329 e. The standard InChI is InChI=1S/C16H21BrN2O3/c17-13-9-19-6-1-12(13)16(22-10-14(20)21)3-2-15(11-16)4-7-18-8-5-15/h1,6,9,18H,2-5,7-8,10-11H2,(H,20,21). The molecule has 2 fully saturated rings. The van der Waals surface area contributed by atoms with Crippen molar-refractivity contribution >= 4 is 21.9 Å². The van der Waals surface area contributed by atoms with E-state index >= 15 is 0 Å². The molecule has 1 spiro atoms. The minimum atomic E-state index is -0.921. The third kappa shape index (κ3) is 3.05. The van der Waals surface area contributed by atoms with Crippen molar-refractivity contribution in [2.75, 3.05) is 19.7 Å². The molecule has 6 heteroatoms. The molecule has 5 nitrogen and oxygen atoms in total. The SMILES string of the molecule is O=C(O)COC1(c2ccncc2Br)CCC2(CCNCC2)C1. The molecule has 0 bridgehead atoms. The Balaban J connectivity index is 1.91. The highest BCUT2D eigenvalue weighted by Crippen LogP contribution is 2.56. The minimum absolute atomic E-state index is 0.261. The Kier molecular flexibility index (Phi) is 4.52. The van der Waals surface area contributed by atoms with Crippen LogP contribution in [0.3, 0.4) is 0 Å². The Bertz CT molecular complexity index is 560. The number of carboxylic acids is 1. The second kappa shape index (κ2) is 6.26. The lowest BCUT2D eigenvalue weighted by atomic mass is 9.75. The molecule has 1 saturated heterocycles. The van der Waals surface area contributed by atoms with Gasteiger partial charge in [0, 0.05) is 22.4 Å². The topological polar surface area (TPSA) is 71.5 Å². The maximum atomic E-state index is 11.0. The molecule has 1 unspecified atom stereocenters. The smallest absolute Gasteiger partial charge is 0.329 e. The number of nitrogens with one attached hydrogen (secondary N) is 1. The Morgan fingerprint density at radius 2 is 2.14 bits per heavy atom. The molecule has 1 atom stereocenters. The Hall–Kier alpha value is -0.980. The number of hydrogen-bond donors (Lipinski definition) is 2. The van der Waals surface area contributed by atoms with Gasteiger partial charge in [-0.3, -0.25) is 4.98 Å². The first-order valence-corrected chi connectivity index (χ1v) is 8.51. The van der Waals surface area contributed by atoms with Crippen LogP contribution in [0.15, 0.2) is 22.9 Å². The molecule has 1 saturated carbocycles. The van der Waals surface area contributed by atoms with Crippen molar-refractivity contribution < 1.29 is 14.6 Å². The fraction of sp³-hybridized carbons (Fsp3) is 0.625. The van der Waals surface area contributed by atoms with E-state index in [1.165, 1.54) is 0 Å². The number of piperidine rings is 1. The van der Waals surface area contributed by atoms with Crippen molar-refractivity contribution in [2.45, 2.75) is 37.7 Å². The van der Waals surface area contributed by atoms with Crippen LogP contribution in [0.4, 0.5) is 0 Å². The monoisotopic (exact) mass is 368 g/mol. The zero-order valence-corrected chi connectivity index (χ0v) is 14.1. The normalized spacial score (nSPS) is 27.1. The van der Waals surface area contributed by atoms with Gasteiger partial charge >= 0.3 is 5.97 Å². The number of aliphatic carboxylic acids is 1. The molecular weight excluding hydrogens is 348 g/mol. The van der Waals surface area contributed by atoms with Crippen LogP contribution in [0, 0.1) is 5.41 Å². The molecule has 1 aromatic rings. The van der Waals surface area contributed by atoms with Crippen molar-refractivity contribution in [3.8, 4) is 0 Å². The number of halogens is 1. The molecule has 0 amide bonds. The van der Waals surface area contributed by atoms with Crippen LogP contribution in [0.5, 0.6) is 0 Å². The molecular formula is C16H21BrN2O3. The van der Waals surface area contributed by atoms with Gasteiger partial charge in [-0.05, 0) is 72.6 Å². The van der Waals surface area contributed by atoms with E-state index in [9.17, 15) is 4.79 Å². The minimum Gasteiger partial charge on any atom is -0.480 e. The highest BCUT2D eigenvalue weighted by Gasteiger charge is 2.50. The Labute approximate surface area is 138 Å². The summed E-state index contributed by atoms with van der Waals surface area (Å²) in [7, 11) is 0. The second-order valence-corrected chi connectivity index (χ2v) is 7.31. The zero-order valence-electron chi connectivity index (χ0n) is 12.5. The summed E-state index contributed by atoms with van der Waals surface area (Å²) in [5, 5.41) is 12.5. The second-order valence-electron chi connectivity index (χ2n) is 6.46. The number of rotatable bonds is 4. The summed E-state index contributed by atoms with van der Waals surface area (Å²) in [4.78, 5) is 15.1. The molecule has 2 aliphatic rings. The molecule has 2 heterocycles. The van der Waals surface area contributed by atoms with Crippen LogP contribution >= 0.6 is 15.9 Å². The summed E-state index contributed by atoms with van der Waals surface area (Å²) in [6.07, 6.45) is 8.61. The number of nitrogens with zero attached hydrogens (tertiary/aromatic N) is 1. The number of hydrogen-bond acceptors (Lipinski definition) is 4. The van der Waals surface area contributed by atoms with Gasteiger partial charge in [0.25, 0.3) is 0 Å².